The molecule has 2 aromatic carbocycles. The number of aromatic nitrogens is 1. The second-order valence-electron chi connectivity index (χ2n) is 7.66. The number of likely N-dealkylation sites (N-methyl/N-ethyl adjacent to an activating group) is 1. The fourth-order valence-corrected chi connectivity index (χ4v) is 5.69. The lowest BCUT2D eigenvalue weighted by Crippen LogP contribution is -2.30. The van der Waals surface area contributed by atoms with Gasteiger partial charge in [0.25, 0.3) is 0 Å². The summed E-state index contributed by atoms with van der Waals surface area (Å²) in [4.78, 5) is 33.1. The second-order valence-corrected chi connectivity index (χ2v) is 8.69. The molecule has 0 radical (unpaired) electrons. The Bertz CT molecular complexity index is 1070. The third kappa shape index (κ3) is 2.53. The molecular formula is C23H20N2O2S. The number of carbonyl (C=O) groups is 2. The topological polar surface area (TPSA) is 50.3 Å². The van der Waals surface area contributed by atoms with Crippen molar-refractivity contribution in [2.24, 2.45) is 5.92 Å². The van der Waals surface area contributed by atoms with Gasteiger partial charge < -0.3 is 0 Å². The van der Waals surface area contributed by atoms with E-state index in [1.807, 2.05) is 30.3 Å². The van der Waals surface area contributed by atoms with Crippen molar-refractivity contribution in [2.45, 2.75) is 25.2 Å². The monoisotopic (exact) mass is 388 g/mol. The number of benzene rings is 2. The number of rotatable bonds is 2. The van der Waals surface area contributed by atoms with Gasteiger partial charge in [-0.05, 0) is 18.9 Å². The van der Waals surface area contributed by atoms with Crippen LogP contribution in [0.5, 0.6) is 0 Å². The zero-order chi connectivity index (χ0) is 19.4. The van der Waals surface area contributed by atoms with Gasteiger partial charge in [-0.3, -0.25) is 14.5 Å². The number of fused-ring (bicyclic) bond motifs is 3. The first-order chi connectivity index (χ1) is 13.5. The van der Waals surface area contributed by atoms with Gasteiger partial charge in [-0.15, -0.1) is 11.3 Å². The SMILES string of the molecule is Cc1ccc([C@@H]2Cc3nc(-c4ccccc4)sc3[C@@H]3C(=O)N(C)C(=O)[C@H]23)cc1. The molecule has 2 aliphatic rings. The van der Waals surface area contributed by atoms with E-state index in [0.29, 0.717) is 6.42 Å². The lowest BCUT2D eigenvalue weighted by Gasteiger charge is -2.30. The number of hydrogen-bond donors (Lipinski definition) is 0. The number of nitrogens with zero attached hydrogens (tertiary/aromatic N) is 2. The molecule has 1 aromatic heterocycles. The maximum absolute atomic E-state index is 13.0. The minimum Gasteiger partial charge on any atom is -0.285 e. The number of aryl methyl sites for hydroxylation is 1. The molecule has 0 bridgehead atoms. The average molecular weight is 388 g/mol. The number of imide groups is 1. The Kier molecular flexibility index (Phi) is 3.95. The fourth-order valence-electron chi connectivity index (χ4n) is 4.45. The van der Waals surface area contributed by atoms with Gasteiger partial charge in [0.05, 0.1) is 17.5 Å². The Labute approximate surface area is 167 Å². The number of hydrogen-bond acceptors (Lipinski definition) is 4. The molecule has 1 fully saturated rings. The molecule has 0 spiro atoms. The first-order valence-electron chi connectivity index (χ1n) is 9.47. The van der Waals surface area contributed by atoms with Crippen molar-refractivity contribution in [3.63, 3.8) is 0 Å². The zero-order valence-corrected chi connectivity index (χ0v) is 16.6. The highest BCUT2D eigenvalue weighted by atomic mass is 32.1. The summed E-state index contributed by atoms with van der Waals surface area (Å²) in [6.07, 6.45) is 0.690. The number of likely N-dealkylation sites (tertiary alicyclic amines) is 1. The van der Waals surface area contributed by atoms with E-state index in [1.165, 1.54) is 10.5 Å². The smallest absolute Gasteiger partial charge is 0.238 e. The van der Waals surface area contributed by atoms with Crippen LogP contribution in [0, 0.1) is 12.8 Å². The molecule has 5 heteroatoms. The Morgan fingerprint density at radius 2 is 1.71 bits per heavy atom. The van der Waals surface area contributed by atoms with Gasteiger partial charge in [-0.25, -0.2) is 4.98 Å². The molecule has 28 heavy (non-hydrogen) atoms. The van der Waals surface area contributed by atoms with E-state index < -0.39 is 5.92 Å². The average Bonchev–Trinajstić information content (AvgIpc) is 3.24. The van der Waals surface area contributed by atoms with Crippen LogP contribution < -0.4 is 0 Å². The predicted octanol–water partition coefficient (Wildman–Crippen LogP) is 4.16. The van der Waals surface area contributed by atoms with Gasteiger partial charge in [0, 0.05) is 23.4 Å². The van der Waals surface area contributed by atoms with Crippen LogP contribution >= 0.6 is 11.3 Å². The maximum atomic E-state index is 13.0. The van der Waals surface area contributed by atoms with Crippen LogP contribution in [-0.4, -0.2) is 28.7 Å². The number of thiazole rings is 1. The van der Waals surface area contributed by atoms with Crippen LogP contribution in [0.3, 0.4) is 0 Å². The van der Waals surface area contributed by atoms with Crippen LogP contribution in [0.4, 0.5) is 0 Å². The van der Waals surface area contributed by atoms with Crippen molar-refractivity contribution in [2.75, 3.05) is 7.05 Å². The van der Waals surface area contributed by atoms with Crippen LogP contribution in [0.25, 0.3) is 10.6 Å². The molecule has 1 aliphatic carbocycles. The van der Waals surface area contributed by atoms with E-state index in [1.54, 1.807) is 18.4 Å². The first-order valence-corrected chi connectivity index (χ1v) is 10.3. The second kappa shape index (κ2) is 6.38. The van der Waals surface area contributed by atoms with Crippen molar-refractivity contribution in [1.82, 2.24) is 9.88 Å². The molecule has 2 heterocycles. The van der Waals surface area contributed by atoms with E-state index in [2.05, 4.69) is 31.2 Å². The van der Waals surface area contributed by atoms with Gasteiger partial charge in [0.2, 0.25) is 11.8 Å². The summed E-state index contributed by atoms with van der Waals surface area (Å²) in [6.45, 7) is 2.05. The standard InChI is InChI=1S/C23H20N2O2S/c1-13-8-10-14(11-9-13)16-12-17-20(19-18(16)22(26)25(2)23(19)27)28-21(24-17)15-6-4-3-5-7-15/h3-11,16,18-19H,12H2,1-2H3/t16-,18+,19+/m0/s1. The van der Waals surface area contributed by atoms with Gasteiger partial charge in [-0.1, -0.05) is 60.2 Å². The lowest BCUT2D eigenvalue weighted by atomic mass is 9.72. The summed E-state index contributed by atoms with van der Waals surface area (Å²) >= 11 is 1.56. The maximum Gasteiger partial charge on any atom is 0.238 e. The predicted molar refractivity (Wildman–Crippen MR) is 109 cm³/mol. The molecule has 4 nitrogen and oxygen atoms in total. The van der Waals surface area contributed by atoms with E-state index in [9.17, 15) is 9.59 Å². The zero-order valence-electron chi connectivity index (χ0n) is 15.8. The summed E-state index contributed by atoms with van der Waals surface area (Å²) in [7, 11) is 1.61. The number of carbonyl (C=O) groups excluding carboxylic acids is 2. The quantitative estimate of drug-likeness (QED) is 0.620. The van der Waals surface area contributed by atoms with Gasteiger partial charge in [-0.2, -0.15) is 0 Å². The summed E-state index contributed by atoms with van der Waals surface area (Å²) in [6, 6.07) is 18.3. The molecule has 5 rings (SSSR count). The first kappa shape index (κ1) is 17.3. The Morgan fingerprint density at radius 3 is 2.43 bits per heavy atom. The van der Waals surface area contributed by atoms with Crippen molar-refractivity contribution in [3.05, 3.63) is 76.3 Å². The van der Waals surface area contributed by atoms with E-state index in [-0.39, 0.29) is 23.7 Å². The summed E-state index contributed by atoms with van der Waals surface area (Å²) in [5.74, 6) is -0.943. The molecular weight excluding hydrogens is 368 g/mol. The minimum absolute atomic E-state index is 0.0229. The van der Waals surface area contributed by atoms with E-state index >= 15 is 0 Å². The molecule has 0 unspecified atom stereocenters. The minimum atomic E-state index is -0.414. The Balaban J connectivity index is 1.64. The lowest BCUT2D eigenvalue weighted by molar-refractivity contribution is -0.137. The van der Waals surface area contributed by atoms with Crippen molar-refractivity contribution in [1.29, 1.82) is 0 Å². The molecule has 1 aliphatic heterocycles. The summed E-state index contributed by atoms with van der Waals surface area (Å²) in [5.41, 5.74) is 4.31. The molecule has 2 amide bonds. The van der Waals surface area contributed by atoms with Crippen molar-refractivity contribution in [3.8, 4) is 10.6 Å². The van der Waals surface area contributed by atoms with Gasteiger partial charge >= 0.3 is 0 Å². The molecule has 1 saturated heterocycles. The van der Waals surface area contributed by atoms with Crippen LogP contribution in [0.1, 0.15) is 33.5 Å². The molecule has 3 aromatic rings. The van der Waals surface area contributed by atoms with Crippen molar-refractivity contribution < 1.29 is 9.59 Å². The Morgan fingerprint density at radius 1 is 1.00 bits per heavy atom. The van der Waals surface area contributed by atoms with Gasteiger partial charge in [0.1, 0.15) is 5.01 Å². The van der Waals surface area contributed by atoms with E-state index in [0.717, 1.165) is 26.7 Å². The summed E-state index contributed by atoms with van der Waals surface area (Å²) < 4.78 is 0. The highest BCUT2D eigenvalue weighted by Crippen LogP contribution is 2.51. The highest BCUT2D eigenvalue weighted by Gasteiger charge is 2.54. The summed E-state index contributed by atoms with van der Waals surface area (Å²) in [5, 5.41) is 0.920. The highest BCUT2D eigenvalue weighted by molar-refractivity contribution is 7.15. The molecule has 0 saturated carbocycles. The van der Waals surface area contributed by atoms with Crippen molar-refractivity contribution >= 4 is 23.2 Å². The van der Waals surface area contributed by atoms with Crippen LogP contribution in [0.15, 0.2) is 54.6 Å². The third-order valence-electron chi connectivity index (χ3n) is 5.95. The third-order valence-corrected chi connectivity index (χ3v) is 7.18. The molecule has 0 N–H and O–H groups in total. The largest absolute Gasteiger partial charge is 0.285 e. The molecule has 3 atom stereocenters. The molecule has 140 valence electrons. The van der Waals surface area contributed by atoms with E-state index in [4.69, 9.17) is 4.98 Å². The fraction of sp³-hybridized carbons (Fsp3) is 0.261. The normalized spacial score (nSPS) is 23.6. The van der Waals surface area contributed by atoms with Crippen LogP contribution in [0.2, 0.25) is 0 Å². The van der Waals surface area contributed by atoms with Crippen LogP contribution in [-0.2, 0) is 16.0 Å². The number of amides is 2. The Hall–Kier alpha value is -2.79. The van der Waals surface area contributed by atoms with Gasteiger partial charge in [0.15, 0.2) is 0 Å².